The molecule has 68 valence electrons. The minimum absolute atomic E-state index is 0.693. The number of carbonyl (C=O) groups excluding carboxylic acids is 1. The maximum absolute atomic E-state index is 10.4. The Morgan fingerprint density at radius 3 is 2.83 bits per heavy atom. The normalized spacial score (nSPS) is 23.2. The molecule has 3 nitrogen and oxygen atoms in total. The van der Waals surface area contributed by atoms with Gasteiger partial charge in [0.1, 0.15) is 5.76 Å². The van der Waals surface area contributed by atoms with E-state index in [0.717, 1.165) is 25.0 Å². The SMILES string of the molecule is NC(=O)O/C1=C\CCCCCC1. The Labute approximate surface area is 72.6 Å². The fraction of sp³-hybridized carbons (Fsp3) is 0.667. The van der Waals surface area contributed by atoms with Crippen LogP contribution in [0.25, 0.3) is 0 Å². The van der Waals surface area contributed by atoms with Gasteiger partial charge in [0, 0.05) is 6.42 Å². The molecule has 0 fully saturated rings. The first-order chi connectivity index (χ1) is 5.79. The lowest BCUT2D eigenvalue weighted by Crippen LogP contribution is -2.13. The molecule has 0 aromatic carbocycles. The maximum Gasteiger partial charge on any atom is 0.409 e. The quantitative estimate of drug-likeness (QED) is 0.654. The first-order valence-corrected chi connectivity index (χ1v) is 4.45. The molecule has 2 N–H and O–H groups in total. The van der Waals surface area contributed by atoms with Crippen LogP contribution < -0.4 is 5.73 Å². The summed E-state index contributed by atoms with van der Waals surface area (Å²) in [6.07, 6.45) is 7.92. The number of hydrogen-bond donors (Lipinski definition) is 1. The van der Waals surface area contributed by atoms with Crippen molar-refractivity contribution in [2.24, 2.45) is 5.73 Å². The summed E-state index contributed by atoms with van der Waals surface area (Å²) in [5, 5.41) is 0. The zero-order valence-corrected chi connectivity index (χ0v) is 7.21. The highest BCUT2D eigenvalue weighted by molar-refractivity contribution is 5.65. The van der Waals surface area contributed by atoms with E-state index in [9.17, 15) is 4.79 Å². The standard InChI is InChI=1S/C9H15NO2/c10-9(11)12-8-6-4-2-1-3-5-7-8/h6H,1-5,7H2,(H2,10,11)/b8-6-. The monoisotopic (exact) mass is 169 g/mol. The van der Waals surface area contributed by atoms with Gasteiger partial charge in [-0.05, 0) is 25.3 Å². The van der Waals surface area contributed by atoms with Gasteiger partial charge in [-0.3, -0.25) is 0 Å². The Morgan fingerprint density at radius 2 is 2.08 bits per heavy atom. The summed E-state index contributed by atoms with van der Waals surface area (Å²) in [6.45, 7) is 0. The van der Waals surface area contributed by atoms with E-state index in [0.29, 0.717) is 0 Å². The van der Waals surface area contributed by atoms with Crippen LogP contribution in [0.3, 0.4) is 0 Å². The molecule has 0 aromatic heterocycles. The van der Waals surface area contributed by atoms with Gasteiger partial charge in [-0.2, -0.15) is 0 Å². The zero-order valence-electron chi connectivity index (χ0n) is 7.21. The van der Waals surface area contributed by atoms with Gasteiger partial charge in [-0.1, -0.05) is 12.8 Å². The number of hydrogen-bond acceptors (Lipinski definition) is 2. The van der Waals surface area contributed by atoms with E-state index >= 15 is 0 Å². The van der Waals surface area contributed by atoms with Crippen molar-refractivity contribution < 1.29 is 9.53 Å². The molecule has 3 heteroatoms. The molecule has 0 unspecified atom stereocenters. The molecule has 0 aliphatic heterocycles. The van der Waals surface area contributed by atoms with E-state index in [1.54, 1.807) is 0 Å². The number of amides is 1. The molecular weight excluding hydrogens is 154 g/mol. The molecule has 0 aromatic rings. The van der Waals surface area contributed by atoms with Crippen molar-refractivity contribution in [1.82, 2.24) is 0 Å². The third-order valence-electron chi connectivity index (χ3n) is 1.98. The highest BCUT2D eigenvalue weighted by atomic mass is 16.5. The van der Waals surface area contributed by atoms with Crippen LogP contribution in [0.15, 0.2) is 11.8 Å². The number of nitrogens with two attached hydrogens (primary N) is 1. The van der Waals surface area contributed by atoms with Crippen LogP contribution in [0.5, 0.6) is 0 Å². The molecule has 0 saturated heterocycles. The lowest BCUT2D eigenvalue weighted by molar-refractivity contribution is 0.182. The number of primary amides is 1. The molecular formula is C9H15NO2. The van der Waals surface area contributed by atoms with Gasteiger partial charge in [0.15, 0.2) is 0 Å². The van der Waals surface area contributed by atoms with Crippen molar-refractivity contribution in [3.63, 3.8) is 0 Å². The van der Waals surface area contributed by atoms with Gasteiger partial charge in [-0.25, -0.2) is 4.79 Å². The molecule has 0 atom stereocenters. The Kier molecular flexibility index (Phi) is 3.64. The van der Waals surface area contributed by atoms with Crippen LogP contribution in [0.4, 0.5) is 4.79 Å². The topological polar surface area (TPSA) is 52.3 Å². The number of allylic oxidation sites excluding steroid dienone is 2. The summed E-state index contributed by atoms with van der Waals surface area (Å²) < 4.78 is 4.83. The molecule has 0 bridgehead atoms. The third-order valence-corrected chi connectivity index (χ3v) is 1.98. The molecule has 0 radical (unpaired) electrons. The summed E-state index contributed by atoms with van der Waals surface area (Å²) in [4.78, 5) is 10.4. The van der Waals surface area contributed by atoms with Gasteiger partial charge < -0.3 is 10.5 Å². The first-order valence-electron chi connectivity index (χ1n) is 4.45. The highest BCUT2D eigenvalue weighted by Crippen LogP contribution is 2.17. The van der Waals surface area contributed by atoms with E-state index in [1.165, 1.54) is 19.3 Å². The molecule has 1 aliphatic rings. The molecule has 0 saturated carbocycles. The van der Waals surface area contributed by atoms with Crippen molar-refractivity contribution in [2.75, 3.05) is 0 Å². The Hall–Kier alpha value is -0.990. The molecule has 0 spiro atoms. The summed E-state index contributed by atoms with van der Waals surface area (Å²) in [7, 11) is 0. The summed E-state index contributed by atoms with van der Waals surface area (Å²) in [5.41, 5.74) is 4.91. The largest absolute Gasteiger partial charge is 0.415 e. The van der Waals surface area contributed by atoms with Crippen LogP contribution >= 0.6 is 0 Å². The molecule has 0 heterocycles. The van der Waals surface area contributed by atoms with Crippen molar-refractivity contribution in [1.29, 1.82) is 0 Å². The van der Waals surface area contributed by atoms with E-state index in [2.05, 4.69) is 0 Å². The van der Waals surface area contributed by atoms with Gasteiger partial charge in [0.2, 0.25) is 0 Å². The fourth-order valence-corrected chi connectivity index (χ4v) is 1.38. The van der Waals surface area contributed by atoms with E-state index in [1.807, 2.05) is 6.08 Å². The molecule has 1 amide bonds. The lowest BCUT2D eigenvalue weighted by Gasteiger charge is -2.09. The van der Waals surface area contributed by atoms with Gasteiger partial charge in [0.25, 0.3) is 0 Å². The lowest BCUT2D eigenvalue weighted by atomic mass is 10.1. The fourth-order valence-electron chi connectivity index (χ4n) is 1.38. The second-order valence-electron chi connectivity index (χ2n) is 3.04. The predicted molar refractivity (Wildman–Crippen MR) is 46.5 cm³/mol. The van der Waals surface area contributed by atoms with Crippen LogP contribution in [-0.2, 0) is 4.74 Å². The van der Waals surface area contributed by atoms with Crippen LogP contribution in [0.1, 0.15) is 38.5 Å². The Morgan fingerprint density at radius 1 is 1.33 bits per heavy atom. The van der Waals surface area contributed by atoms with Crippen LogP contribution in [0, 0.1) is 0 Å². The first kappa shape index (κ1) is 9.10. The minimum Gasteiger partial charge on any atom is -0.415 e. The highest BCUT2D eigenvalue weighted by Gasteiger charge is 2.04. The second-order valence-corrected chi connectivity index (χ2v) is 3.04. The summed E-state index contributed by atoms with van der Waals surface area (Å²) >= 11 is 0. The number of carbonyl (C=O) groups is 1. The van der Waals surface area contributed by atoms with Gasteiger partial charge >= 0.3 is 6.09 Å². The smallest absolute Gasteiger partial charge is 0.409 e. The zero-order chi connectivity index (χ0) is 8.81. The average Bonchev–Trinajstić information content (AvgIpc) is 1.93. The predicted octanol–water partition coefficient (Wildman–Crippen LogP) is 2.32. The van der Waals surface area contributed by atoms with Crippen molar-refractivity contribution >= 4 is 6.09 Å². The van der Waals surface area contributed by atoms with Gasteiger partial charge in [-0.15, -0.1) is 0 Å². The maximum atomic E-state index is 10.4. The van der Waals surface area contributed by atoms with E-state index in [4.69, 9.17) is 10.5 Å². The third kappa shape index (κ3) is 3.42. The number of ether oxygens (including phenoxy) is 1. The van der Waals surface area contributed by atoms with Crippen molar-refractivity contribution in [2.45, 2.75) is 38.5 Å². The molecule has 12 heavy (non-hydrogen) atoms. The Bertz CT molecular complexity index is 187. The van der Waals surface area contributed by atoms with Gasteiger partial charge in [0.05, 0.1) is 0 Å². The van der Waals surface area contributed by atoms with Crippen LogP contribution in [-0.4, -0.2) is 6.09 Å². The van der Waals surface area contributed by atoms with Crippen molar-refractivity contribution in [3.05, 3.63) is 11.8 Å². The van der Waals surface area contributed by atoms with E-state index in [-0.39, 0.29) is 0 Å². The second kappa shape index (κ2) is 4.80. The minimum atomic E-state index is -0.693. The number of rotatable bonds is 1. The summed E-state index contributed by atoms with van der Waals surface area (Å²) in [6, 6.07) is 0. The van der Waals surface area contributed by atoms with Crippen molar-refractivity contribution in [3.8, 4) is 0 Å². The average molecular weight is 169 g/mol. The van der Waals surface area contributed by atoms with E-state index < -0.39 is 6.09 Å². The van der Waals surface area contributed by atoms with Crippen LogP contribution in [0.2, 0.25) is 0 Å². The Balaban J connectivity index is 2.41. The molecule has 1 aliphatic carbocycles. The summed E-state index contributed by atoms with van der Waals surface area (Å²) in [5.74, 6) is 0.752. The molecule has 1 rings (SSSR count).